The average Bonchev–Trinajstić information content (AvgIpc) is 2.33. The molecule has 0 aliphatic carbocycles. The van der Waals surface area contributed by atoms with Crippen LogP contribution in [0.25, 0.3) is 0 Å². The first-order chi connectivity index (χ1) is 8.24. The minimum Gasteiger partial charge on any atom is -0.306 e. The summed E-state index contributed by atoms with van der Waals surface area (Å²) in [4.78, 5) is 23.4. The van der Waals surface area contributed by atoms with Crippen LogP contribution in [0, 0.1) is 6.92 Å². The lowest BCUT2D eigenvalue weighted by Crippen LogP contribution is -2.20. The Morgan fingerprint density at radius 3 is 2.65 bits per heavy atom. The van der Waals surface area contributed by atoms with E-state index in [4.69, 9.17) is 0 Å². The highest BCUT2D eigenvalue weighted by atomic mass is 16.2. The van der Waals surface area contributed by atoms with Crippen LogP contribution in [0.2, 0.25) is 0 Å². The molecule has 0 aliphatic heterocycles. The van der Waals surface area contributed by atoms with Gasteiger partial charge < -0.3 is 5.32 Å². The summed E-state index contributed by atoms with van der Waals surface area (Å²) in [6.07, 6.45) is 6.09. The van der Waals surface area contributed by atoms with Gasteiger partial charge in [0.2, 0.25) is 0 Å². The zero-order valence-electron chi connectivity index (χ0n) is 9.21. The van der Waals surface area contributed by atoms with E-state index in [0.29, 0.717) is 11.5 Å². The summed E-state index contributed by atoms with van der Waals surface area (Å²) in [7, 11) is 0. The fourth-order valence-corrected chi connectivity index (χ4v) is 1.18. The molecule has 0 bridgehead atoms. The van der Waals surface area contributed by atoms with Gasteiger partial charge in [-0.2, -0.15) is 0 Å². The molecule has 0 unspecified atom stereocenters. The van der Waals surface area contributed by atoms with Crippen LogP contribution >= 0.6 is 0 Å². The van der Waals surface area contributed by atoms with Gasteiger partial charge in [-0.1, -0.05) is 0 Å². The van der Waals surface area contributed by atoms with Gasteiger partial charge in [-0.3, -0.25) is 15.3 Å². The summed E-state index contributed by atoms with van der Waals surface area (Å²) in [6.45, 7) is 1.88. The number of hydrogen-bond acceptors (Lipinski definition) is 4. The largest absolute Gasteiger partial charge is 0.324 e. The number of hydrogen-bond donors (Lipinski definition) is 2. The predicted octanol–water partition coefficient (Wildman–Crippen LogP) is 1.82. The third-order valence-corrected chi connectivity index (χ3v) is 1.97. The molecule has 0 aliphatic rings. The van der Waals surface area contributed by atoms with E-state index in [9.17, 15) is 4.79 Å². The van der Waals surface area contributed by atoms with Gasteiger partial charge in [0.05, 0.1) is 18.1 Å². The standard InChI is InChI=1S/C11H11N5O/c1-8-2-3-9(6-14-8)15-11(17)16-10-7-12-4-5-13-10/h2-7H,1H3,(H2,13,15,16,17). The van der Waals surface area contributed by atoms with Crippen molar-refractivity contribution in [1.29, 1.82) is 0 Å². The SMILES string of the molecule is Cc1ccc(NC(=O)Nc2cnccn2)cn1. The van der Waals surface area contributed by atoms with E-state index >= 15 is 0 Å². The molecule has 0 radical (unpaired) electrons. The van der Waals surface area contributed by atoms with Gasteiger partial charge in [-0.25, -0.2) is 9.78 Å². The molecular formula is C11H11N5O. The molecule has 2 amide bonds. The summed E-state index contributed by atoms with van der Waals surface area (Å²) < 4.78 is 0. The van der Waals surface area contributed by atoms with Crippen LogP contribution in [-0.2, 0) is 0 Å². The number of nitrogens with one attached hydrogen (secondary N) is 2. The van der Waals surface area contributed by atoms with Crippen molar-refractivity contribution in [3.63, 3.8) is 0 Å². The molecule has 0 saturated carbocycles. The first-order valence-corrected chi connectivity index (χ1v) is 5.01. The molecule has 6 heteroatoms. The van der Waals surface area contributed by atoms with Gasteiger partial charge in [0, 0.05) is 18.1 Å². The molecule has 2 rings (SSSR count). The lowest BCUT2D eigenvalue weighted by Gasteiger charge is -2.06. The molecule has 2 aromatic rings. The van der Waals surface area contributed by atoms with Gasteiger partial charge in [-0.05, 0) is 19.1 Å². The Labute approximate surface area is 98.1 Å². The average molecular weight is 229 g/mol. The minimum absolute atomic E-state index is 0.379. The summed E-state index contributed by atoms with van der Waals surface area (Å²) in [5.74, 6) is 0.394. The highest BCUT2D eigenvalue weighted by molar-refractivity contribution is 5.98. The Kier molecular flexibility index (Phi) is 3.25. The smallest absolute Gasteiger partial charge is 0.306 e. The van der Waals surface area contributed by atoms with Crippen molar-refractivity contribution < 1.29 is 4.79 Å². The number of urea groups is 1. The summed E-state index contributed by atoms with van der Waals surface area (Å²) in [6, 6.07) is 3.22. The van der Waals surface area contributed by atoms with Crippen LogP contribution in [0.15, 0.2) is 36.9 Å². The van der Waals surface area contributed by atoms with Crippen LogP contribution in [-0.4, -0.2) is 21.0 Å². The highest BCUT2D eigenvalue weighted by Gasteiger charge is 2.03. The van der Waals surface area contributed by atoms with Gasteiger partial charge >= 0.3 is 6.03 Å². The summed E-state index contributed by atoms with van der Waals surface area (Å²) in [5, 5.41) is 5.19. The molecule has 0 saturated heterocycles. The second-order valence-corrected chi connectivity index (χ2v) is 3.36. The van der Waals surface area contributed by atoms with E-state index in [2.05, 4.69) is 25.6 Å². The second kappa shape index (κ2) is 5.02. The second-order valence-electron chi connectivity index (χ2n) is 3.36. The molecule has 0 spiro atoms. The molecule has 86 valence electrons. The fraction of sp³-hybridized carbons (Fsp3) is 0.0909. The summed E-state index contributed by atoms with van der Waals surface area (Å²) >= 11 is 0. The first kappa shape index (κ1) is 11.0. The van der Waals surface area contributed by atoms with E-state index in [1.165, 1.54) is 18.6 Å². The topological polar surface area (TPSA) is 79.8 Å². The van der Waals surface area contributed by atoms with E-state index in [1.54, 1.807) is 12.3 Å². The Morgan fingerprint density at radius 1 is 1.12 bits per heavy atom. The third kappa shape index (κ3) is 3.23. The molecule has 0 aromatic carbocycles. The van der Waals surface area contributed by atoms with Crippen molar-refractivity contribution in [1.82, 2.24) is 15.0 Å². The maximum absolute atomic E-state index is 11.5. The minimum atomic E-state index is -0.379. The number of nitrogens with zero attached hydrogens (tertiary/aromatic N) is 3. The Balaban J connectivity index is 1.96. The van der Waals surface area contributed by atoms with Crippen molar-refractivity contribution in [3.05, 3.63) is 42.6 Å². The van der Waals surface area contributed by atoms with Gasteiger partial charge in [0.15, 0.2) is 5.82 Å². The normalized spacial score (nSPS) is 9.71. The van der Waals surface area contributed by atoms with Gasteiger partial charge in [0.1, 0.15) is 0 Å². The van der Waals surface area contributed by atoms with Crippen molar-refractivity contribution in [2.24, 2.45) is 0 Å². The number of aromatic nitrogens is 3. The molecule has 17 heavy (non-hydrogen) atoms. The first-order valence-electron chi connectivity index (χ1n) is 5.01. The van der Waals surface area contributed by atoms with Crippen LogP contribution in [0.3, 0.4) is 0 Å². The van der Waals surface area contributed by atoms with Crippen molar-refractivity contribution >= 4 is 17.5 Å². The van der Waals surface area contributed by atoms with Crippen LogP contribution in [0.5, 0.6) is 0 Å². The van der Waals surface area contributed by atoms with Crippen molar-refractivity contribution in [3.8, 4) is 0 Å². The maximum atomic E-state index is 11.5. The number of amides is 2. The summed E-state index contributed by atoms with van der Waals surface area (Å²) in [5.41, 5.74) is 1.52. The van der Waals surface area contributed by atoms with Crippen LogP contribution in [0.4, 0.5) is 16.3 Å². The molecule has 6 nitrogen and oxygen atoms in total. The molecule has 2 aromatic heterocycles. The Morgan fingerprint density at radius 2 is 2.00 bits per heavy atom. The van der Waals surface area contributed by atoms with Crippen LogP contribution < -0.4 is 10.6 Å². The van der Waals surface area contributed by atoms with Crippen LogP contribution in [0.1, 0.15) is 5.69 Å². The Hall–Kier alpha value is -2.50. The number of carbonyl (C=O) groups excluding carboxylic acids is 1. The molecule has 2 N–H and O–H groups in total. The number of aryl methyl sites for hydroxylation is 1. The van der Waals surface area contributed by atoms with E-state index < -0.39 is 0 Å². The molecule has 0 fully saturated rings. The van der Waals surface area contributed by atoms with E-state index in [-0.39, 0.29) is 6.03 Å². The zero-order valence-corrected chi connectivity index (χ0v) is 9.21. The highest BCUT2D eigenvalue weighted by Crippen LogP contribution is 2.06. The monoisotopic (exact) mass is 229 g/mol. The maximum Gasteiger partial charge on any atom is 0.324 e. The fourth-order valence-electron chi connectivity index (χ4n) is 1.18. The molecule has 2 heterocycles. The number of anilines is 2. The van der Waals surface area contributed by atoms with E-state index in [0.717, 1.165) is 5.69 Å². The van der Waals surface area contributed by atoms with Crippen molar-refractivity contribution in [2.45, 2.75) is 6.92 Å². The lowest BCUT2D eigenvalue weighted by molar-refractivity contribution is 0.262. The van der Waals surface area contributed by atoms with Gasteiger partial charge in [-0.15, -0.1) is 0 Å². The van der Waals surface area contributed by atoms with E-state index in [1.807, 2.05) is 13.0 Å². The Bertz CT molecular complexity index is 497. The zero-order chi connectivity index (χ0) is 12.1. The number of carbonyl (C=O) groups is 1. The lowest BCUT2D eigenvalue weighted by atomic mass is 10.3. The van der Waals surface area contributed by atoms with Crippen molar-refractivity contribution in [2.75, 3.05) is 10.6 Å². The number of pyridine rings is 1. The van der Waals surface area contributed by atoms with Gasteiger partial charge in [0.25, 0.3) is 0 Å². The quantitative estimate of drug-likeness (QED) is 0.823. The third-order valence-electron chi connectivity index (χ3n) is 1.97. The predicted molar refractivity (Wildman–Crippen MR) is 63.6 cm³/mol. The number of rotatable bonds is 2. The molecule has 0 atom stereocenters. The molecular weight excluding hydrogens is 218 g/mol.